The van der Waals surface area contributed by atoms with Crippen molar-refractivity contribution in [3.63, 3.8) is 0 Å². The Labute approximate surface area is 113 Å². The quantitative estimate of drug-likeness (QED) is 0.865. The Kier molecular flexibility index (Phi) is 3.78. The van der Waals surface area contributed by atoms with Crippen LogP contribution in [0.5, 0.6) is 0 Å². The Bertz CT molecular complexity index is 557. The van der Waals surface area contributed by atoms with E-state index in [9.17, 15) is 0 Å². The molecule has 0 aliphatic carbocycles. The molecule has 0 fully saturated rings. The van der Waals surface area contributed by atoms with E-state index in [1.165, 1.54) is 0 Å². The molecule has 1 atom stereocenters. The van der Waals surface area contributed by atoms with Gasteiger partial charge in [-0.25, -0.2) is 4.98 Å². The molecule has 0 saturated carbocycles. The monoisotopic (exact) mass is 263 g/mol. The topological polar surface area (TPSA) is 81.9 Å². The molecule has 0 aliphatic heterocycles. The van der Waals surface area contributed by atoms with Crippen molar-refractivity contribution in [1.29, 1.82) is 0 Å². The molecule has 2 rings (SSSR count). The van der Waals surface area contributed by atoms with E-state index in [2.05, 4.69) is 22.3 Å². The van der Waals surface area contributed by atoms with Gasteiger partial charge in [-0.1, -0.05) is 13.3 Å². The van der Waals surface area contributed by atoms with E-state index < -0.39 is 0 Å². The number of oxazole rings is 1. The van der Waals surface area contributed by atoms with E-state index >= 15 is 0 Å². The zero-order chi connectivity index (χ0) is 14.0. The molecule has 3 N–H and O–H groups in total. The van der Waals surface area contributed by atoms with Crippen LogP contribution in [0.4, 0.5) is 11.5 Å². The van der Waals surface area contributed by atoms with Gasteiger partial charge in [0.1, 0.15) is 17.6 Å². The molecule has 2 aromatic rings. The van der Waals surface area contributed by atoms with E-state index in [0.717, 1.165) is 30.1 Å². The van der Waals surface area contributed by atoms with Crippen LogP contribution in [0.3, 0.4) is 0 Å². The van der Waals surface area contributed by atoms with Gasteiger partial charge >= 0.3 is 0 Å². The third kappa shape index (κ3) is 2.72. The van der Waals surface area contributed by atoms with Crippen LogP contribution in [0.25, 0.3) is 0 Å². The maximum absolute atomic E-state index is 6.12. The van der Waals surface area contributed by atoms with Crippen LogP contribution in [0.2, 0.25) is 0 Å². The fraction of sp³-hybridized carbons (Fsp3) is 0.538. The van der Waals surface area contributed by atoms with Crippen molar-refractivity contribution in [1.82, 2.24) is 14.8 Å². The summed E-state index contributed by atoms with van der Waals surface area (Å²) in [5.74, 6) is 2.26. The molecule has 104 valence electrons. The van der Waals surface area contributed by atoms with Gasteiger partial charge < -0.3 is 15.5 Å². The summed E-state index contributed by atoms with van der Waals surface area (Å²) < 4.78 is 7.28. The first-order chi connectivity index (χ1) is 9.02. The van der Waals surface area contributed by atoms with Gasteiger partial charge in [-0.3, -0.25) is 4.68 Å². The van der Waals surface area contributed by atoms with Crippen molar-refractivity contribution in [3.05, 3.63) is 23.5 Å². The normalized spacial score (nSPS) is 12.6. The van der Waals surface area contributed by atoms with Crippen molar-refractivity contribution in [2.24, 2.45) is 7.05 Å². The van der Waals surface area contributed by atoms with Gasteiger partial charge in [-0.2, -0.15) is 5.10 Å². The number of rotatable bonds is 5. The highest BCUT2D eigenvalue weighted by Gasteiger charge is 2.17. The predicted molar refractivity (Wildman–Crippen MR) is 74.9 cm³/mol. The fourth-order valence-electron chi connectivity index (χ4n) is 2.03. The van der Waals surface area contributed by atoms with Gasteiger partial charge in [-0.05, 0) is 20.3 Å². The van der Waals surface area contributed by atoms with Crippen molar-refractivity contribution < 1.29 is 4.42 Å². The van der Waals surface area contributed by atoms with Crippen molar-refractivity contribution >= 4 is 11.5 Å². The molecule has 0 aliphatic rings. The molecular formula is C13H21N5O. The van der Waals surface area contributed by atoms with Crippen LogP contribution in [0.15, 0.2) is 10.6 Å². The molecule has 0 bridgehead atoms. The smallest absolute Gasteiger partial charge is 0.216 e. The Morgan fingerprint density at radius 2 is 2.26 bits per heavy atom. The minimum Gasteiger partial charge on any atom is -0.444 e. The number of nitrogens with two attached hydrogens (primary N) is 1. The number of hydrogen-bond donors (Lipinski definition) is 2. The number of aryl methyl sites for hydroxylation is 3. The standard InChI is InChI=1S/C13H21N5O/c1-5-6-10-11(14)12(18(4)17-10)16-9(3)13-15-7-8(2)19-13/h7,9,16H,5-6,14H2,1-4H3. The van der Waals surface area contributed by atoms with Gasteiger partial charge in [0.15, 0.2) is 0 Å². The SMILES string of the molecule is CCCc1nn(C)c(NC(C)c2ncc(C)o2)c1N. The summed E-state index contributed by atoms with van der Waals surface area (Å²) in [4.78, 5) is 4.21. The number of nitrogens with zero attached hydrogens (tertiary/aromatic N) is 3. The molecule has 0 aromatic carbocycles. The number of aromatic nitrogens is 3. The summed E-state index contributed by atoms with van der Waals surface area (Å²) in [6.07, 6.45) is 3.62. The van der Waals surface area contributed by atoms with Crippen LogP contribution in [-0.2, 0) is 13.5 Å². The highest BCUT2D eigenvalue weighted by atomic mass is 16.4. The lowest BCUT2D eigenvalue weighted by molar-refractivity contribution is 0.452. The lowest BCUT2D eigenvalue weighted by atomic mass is 10.2. The van der Waals surface area contributed by atoms with Crippen molar-refractivity contribution in [2.75, 3.05) is 11.1 Å². The second-order valence-electron chi connectivity index (χ2n) is 4.76. The lowest BCUT2D eigenvalue weighted by Gasteiger charge is -2.12. The van der Waals surface area contributed by atoms with Crippen LogP contribution in [-0.4, -0.2) is 14.8 Å². The van der Waals surface area contributed by atoms with Crippen LogP contribution >= 0.6 is 0 Å². The van der Waals surface area contributed by atoms with E-state index in [1.54, 1.807) is 10.9 Å². The Hall–Kier alpha value is -1.98. The van der Waals surface area contributed by atoms with Gasteiger partial charge in [0.05, 0.1) is 17.6 Å². The summed E-state index contributed by atoms with van der Waals surface area (Å²) in [5.41, 5.74) is 7.77. The summed E-state index contributed by atoms with van der Waals surface area (Å²) in [7, 11) is 1.88. The zero-order valence-electron chi connectivity index (χ0n) is 11.9. The number of nitrogens with one attached hydrogen (secondary N) is 1. The lowest BCUT2D eigenvalue weighted by Crippen LogP contribution is -2.11. The Balaban J connectivity index is 2.19. The molecule has 6 nitrogen and oxygen atoms in total. The second kappa shape index (κ2) is 5.34. The molecule has 0 radical (unpaired) electrons. The number of anilines is 2. The van der Waals surface area contributed by atoms with Gasteiger partial charge in [0.25, 0.3) is 0 Å². The molecule has 0 saturated heterocycles. The summed E-state index contributed by atoms with van der Waals surface area (Å²) in [5, 5.41) is 7.74. The summed E-state index contributed by atoms with van der Waals surface area (Å²) in [6, 6.07) is -0.0547. The van der Waals surface area contributed by atoms with Crippen molar-refractivity contribution in [2.45, 2.75) is 39.7 Å². The maximum Gasteiger partial charge on any atom is 0.216 e. The third-order valence-electron chi connectivity index (χ3n) is 3.01. The van der Waals surface area contributed by atoms with Crippen LogP contribution < -0.4 is 11.1 Å². The highest BCUT2D eigenvalue weighted by molar-refractivity contribution is 5.65. The fourth-order valence-corrected chi connectivity index (χ4v) is 2.03. The maximum atomic E-state index is 6.12. The molecule has 1 unspecified atom stereocenters. The molecular weight excluding hydrogens is 242 g/mol. The minimum absolute atomic E-state index is 0.0547. The minimum atomic E-state index is -0.0547. The average Bonchev–Trinajstić information content (AvgIpc) is 2.90. The first-order valence-electron chi connectivity index (χ1n) is 6.53. The van der Waals surface area contributed by atoms with Gasteiger partial charge in [-0.15, -0.1) is 0 Å². The van der Waals surface area contributed by atoms with Gasteiger partial charge in [0, 0.05) is 7.05 Å². The second-order valence-corrected chi connectivity index (χ2v) is 4.76. The Morgan fingerprint density at radius 3 is 2.84 bits per heavy atom. The largest absolute Gasteiger partial charge is 0.444 e. The first-order valence-corrected chi connectivity index (χ1v) is 6.53. The molecule has 0 spiro atoms. The predicted octanol–water partition coefficient (Wildman–Crippen LogP) is 2.42. The molecule has 2 heterocycles. The van der Waals surface area contributed by atoms with E-state index in [1.807, 2.05) is 20.9 Å². The molecule has 2 aromatic heterocycles. The zero-order valence-corrected chi connectivity index (χ0v) is 11.9. The molecule has 19 heavy (non-hydrogen) atoms. The van der Waals surface area contributed by atoms with E-state index in [-0.39, 0.29) is 6.04 Å². The number of nitrogen functional groups attached to an aromatic ring is 1. The number of hydrogen-bond acceptors (Lipinski definition) is 5. The van der Waals surface area contributed by atoms with Crippen molar-refractivity contribution in [3.8, 4) is 0 Å². The summed E-state index contributed by atoms with van der Waals surface area (Å²) >= 11 is 0. The van der Waals surface area contributed by atoms with Gasteiger partial charge in [0.2, 0.25) is 5.89 Å². The third-order valence-corrected chi connectivity index (χ3v) is 3.01. The highest BCUT2D eigenvalue weighted by Crippen LogP contribution is 2.27. The first kappa shape index (κ1) is 13.5. The average molecular weight is 263 g/mol. The molecule has 6 heteroatoms. The van der Waals surface area contributed by atoms with Crippen LogP contribution in [0, 0.1) is 6.92 Å². The molecule has 0 amide bonds. The summed E-state index contributed by atoms with van der Waals surface area (Å²) in [6.45, 7) is 5.97. The Morgan fingerprint density at radius 1 is 1.53 bits per heavy atom. The van der Waals surface area contributed by atoms with E-state index in [4.69, 9.17) is 10.2 Å². The van der Waals surface area contributed by atoms with E-state index in [0.29, 0.717) is 11.6 Å². The van der Waals surface area contributed by atoms with Crippen LogP contribution in [0.1, 0.15) is 43.7 Å².